The lowest BCUT2D eigenvalue weighted by atomic mass is 10.2. The molecule has 1 amide bonds. The van der Waals surface area contributed by atoms with Crippen LogP contribution < -0.4 is 0 Å². The second kappa shape index (κ2) is 5.90. The maximum atomic E-state index is 13.2. The molecule has 1 aromatic rings. The van der Waals surface area contributed by atoms with Crippen molar-refractivity contribution >= 4 is 27.5 Å². The van der Waals surface area contributed by atoms with Crippen LogP contribution in [0.4, 0.5) is 4.39 Å². The van der Waals surface area contributed by atoms with Crippen LogP contribution >= 0.6 is 11.6 Å². The van der Waals surface area contributed by atoms with Gasteiger partial charge in [-0.1, -0.05) is 11.6 Å². The first-order valence-electron chi connectivity index (χ1n) is 6.43. The lowest BCUT2D eigenvalue weighted by Gasteiger charge is -2.25. The Hall–Kier alpha value is -1.18. The van der Waals surface area contributed by atoms with Crippen LogP contribution in [0.2, 0.25) is 5.02 Å². The molecule has 1 saturated heterocycles. The highest BCUT2D eigenvalue weighted by atomic mass is 35.5. The summed E-state index contributed by atoms with van der Waals surface area (Å²) in [4.78, 5) is 13.4. The summed E-state index contributed by atoms with van der Waals surface area (Å²) in [7, 11) is -0.704. The van der Waals surface area contributed by atoms with Crippen molar-refractivity contribution in [3.63, 3.8) is 0 Å². The second-order valence-electron chi connectivity index (χ2n) is 5.08. The molecule has 0 unspecified atom stereocenters. The van der Waals surface area contributed by atoms with Crippen molar-refractivity contribution in [1.29, 1.82) is 0 Å². The zero-order chi connectivity index (χ0) is 15.8. The van der Waals surface area contributed by atoms with Crippen LogP contribution in [0.25, 0.3) is 0 Å². The van der Waals surface area contributed by atoms with E-state index < -0.39 is 21.9 Å². The smallest absolute Gasteiger partial charge is 0.243 e. The summed E-state index contributed by atoms with van der Waals surface area (Å²) >= 11 is 5.64. The average Bonchev–Trinajstić information content (AvgIpc) is 2.90. The third-order valence-electron chi connectivity index (χ3n) is 3.43. The van der Waals surface area contributed by atoms with E-state index in [0.29, 0.717) is 12.8 Å². The number of carbonyl (C=O) groups excluding carboxylic acids is 1. The van der Waals surface area contributed by atoms with Gasteiger partial charge in [-0.2, -0.15) is 4.31 Å². The third-order valence-corrected chi connectivity index (χ3v) is 5.62. The highest BCUT2D eigenvalue weighted by Gasteiger charge is 2.40. The number of hydrogen-bond acceptors (Lipinski definition) is 3. The molecule has 1 heterocycles. The summed E-state index contributed by atoms with van der Waals surface area (Å²) < 4.78 is 39.6. The number of hydrogen-bond donors (Lipinski definition) is 0. The number of halogens is 2. The highest BCUT2D eigenvalue weighted by molar-refractivity contribution is 7.89. The lowest BCUT2D eigenvalue weighted by molar-refractivity contribution is -0.132. The van der Waals surface area contributed by atoms with Gasteiger partial charge in [0.2, 0.25) is 15.9 Å². The molecule has 0 spiro atoms. The predicted molar refractivity (Wildman–Crippen MR) is 77.0 cm³/mol. The molecule has 116 valence electrons. The van der Waals surface area contributed by atoms with Crippen molar-refractivity contribution < 1.29 is 17.6 Å². The van der Waals surface area contributed by atoms with E-state index in [1.807, 2.05) is 0 Å². The van der Waals surface area contributed by atoms with Crippen LogP contribution in [0.5, 0.6) is 0 Å². The van der Waals surface area contributed by atoms with Gasteiger partial charge in [0.1, 0.15) is 11.9 Å². The van der Waals surface area contributed by atoms with Crippen LogP contribution in [0.15, 0.2) is 23.1 Å². The van der Waals surface area contributed by atoms with Crippen molar-refractivity contribution in [3.8, 4) is 0 Å². The van der Waals surface area contributed by atoms with E-state index in [9.17, 15) is 17.6 Å². The van der Waals surface area contributed by atoms with E-state index in [-0.39, 0.29) is 22.4 Å². The molecule has 0 N–H and O–H groups in total. The van der Waals surface area contributed by atoms with E-state index in [1.165, 1.54) is 9.21 Å². The molecule has 0 radical (unpaired) electrons. The number of sulfonamides is 1. The molecular formula is C13H16ClFN2O3S. The van der Waals surface area contributed by atoms with Gasteiger partial charge in [-0.25, -0.2) is 12.8 Å². The van der Waals surface area contributed by atoms with Gasteiger partial charge in [-0.15, -0.1) is 0 Å². The number of likely N-dealkylation sites (N-methyl/N-ethyl adjacent to an activating group) is 1. The Labute approximate surface area is 128 Å². The van der Waals surface area contributed by atoms with E-state index in [2.05, 4.69) is 0 Å². The maximum Gasteiger partial charge on any atom is 0.243 e. The molecule has 5 nitrogen and oxygen atoms in total. The van der Waals surface area contributed by atoms with E-state index >= 15 is 0 Å². The van der Waals surface area contributed by atoms with Crippen LogP contribution in [-0.4, -0.2) is 50.2 Å². The number of carbonyl (C=O) groups is 1. The Morgan fingerprint density at radius 3 is 2.67 bits per heavy atom. The van der Waals surface area contributed by atoms with Gasteiger partial charge >= 0.3 is 0 Å². The molecule has 0 aliphatic carbocycles. The third kappa shape index (κ3) is 3.04. The molecule has 1 aliphatic rings. The fourth-order valence-electron chi connectivity index (χ4n) is 2.35. The standard InChI is InChI=1S/C13H16ClFN2O3S/c1-16(2)13(18)12-4-3-7-17(12)21(19,20)9-5-6-11(15)10(14)8-9/h5-6,8,12H,3-4,7H2,1-2H3/t12-/m1/s1. The summed E-state index contributed by atoms with van der Waals surface area (Å²) in [5, 5.41) is -0.259. The first-order valence-corrected chi connectivity index (χ1v) is 8.25. The van der Waals surface area contributed by atoms with Crippen LogP contribution in [-0.2, 0) is 14.8 Å². The minimum absolute atomic E-state index is 0.104. The van der Waals surface area contributed by atoms with Crippen molar-refractivity contribution in [2.75, 3.05) is 20.6 Å². The summed E-state index contributed by atoms with van der Waals surface area (Å²) in [6, 6.07) is 2.52. The van der Waals surface area contributed by atoms with Gasteiger partial charge in [0, 0.05) is 20.6 Å². The second-order valence-corrected chi connectivity index (χ2v) is 7.38. The minimum Gasteiger partial charge on any atom is -0.347 e. The molecular weight excluding hydrogens is 319 g/mol. The zero-order valence-corrected chi connectivity index (χ0v) is 13.3. The first kappa shape index (κ1) is 16.2. The molecule has 0 saturated carbocycles. The Kier molecular flexibility index (Phi) is 4.55. The Morgan fingerprint density at radius 1 is 1.43 bits per heavy atom. The SMILES string of the molecule is CN(C)C(=O)[C@H]1CCCN1S(=O)(=O)c1ccc(F)c(Cl)c1. The number of rotatable bonds is 3. The topological polar surface area (TPSA) is 57.7 Å². The van der Waals surface area contributed by atoms with Crippen LogP contribution in [0.1, 0.15) is 12.8 Å². The Morgan fingerprint density at radius 2 is 2.10 bits per heavy atom. The first-order chi connectivity index (χ1) is 9.75. The van der Waals surface area contributed by atoms with Crippen LogP contribution in [0.3, 0.4) is 0 Å². The van der Waals surface area contributed by atoms with Crippen molar-refractivity contribution in [2.45, 2.75) is 23.8 Å². The summed E-state index contributed by atoms with van der Waals surface area (Å²) in [5.74, 6) is -0.942. The van der Waals surface area contributed by atoms with Crippen molar-refractivity contribution in [3.05, 3.63) is 29.0 Å². The maximum absolute atomic E-state index is 13.2. The molecule has 2 rings (SSSR count). The van der Waals surface area contributed by atoms with Crippen molar-refractivity contribution in [1.82, 2.24) is 9.21 Å². The zero-order valence-electron chi connectivity index (χ0n) is 11.7. The Balaban J connectivity index is 2.38. The largest absolute Gasteiger partial charge is 0.347 e. The molecule has 1 aliphatic heterocycles. The molecule has 0 aromatic heterocycles. The molecule has 0 bridgehead atoms. The monoisotopic (exact) mass is 334 g/mol. The molecule has 8 heteroatoms. The summed E-state index contributed by atoms with van der Waals surface area (Å²) in [6.45, 7) is 0.265. The van der Waals surface area contributed by atoms with Crippen LogP contribution in [0, 0.1) is 5.82 Å². The average molecular weight is 335 g/mol. The molecule has 1 aromatic carbocycles. The fourth-order valence-corrected chi connectivity index (χ4v) is 4.27. The minimum atomic E-state index is -3.87. The molecule has 21 heavy (non-hydrogen) atoms. The predicted octanol–water partition coefficient (Wildman–Crippen LogP) is 1.72. The number of nitrogens with zero attached hydrogens (tertiary/aromatic N) is 2. The molecule has 1 atom stereocenters. The lowest BCUT2D eigenvalue weighted by Crippen LogP contribution is -2.45. The van der Waals surface area contributed by atoms with Gasteiger partial charge in [-0.05, 0) is 31.0 Å². The summed E-state index contributed by atoms with van der Waals surface area (Å²) in [5.41, 5.74) is 0. The van der Waals surface area contributed by atoms with Gasteiger partial charge in [0.15, 0.2) is 0 Å². The van der Waals surface area contributed by atoms with Gasteiger partial charge in [-0.3, -0.25) is 4.79 Å². The van der Waals surface area contributed by atoms with Crippen molar-refractivity contribution in [2.24, 2.45) is 0 Å². The van der Waals surface area contributed by atoms with E-state index in [1.54, 1.807) is 14.1 Å². The van der Waals surface area contributed by atoms with Gasteiger partial charge in [0.05, 0.1) is 9.92 Å². The summed E-state index contributed by atoms with van der Waals surface area (Å²) in [6.07, 6.45) is 1.09. The Bertz CT molecular complexity index is 663. The number of amides is 1. The number of benzene rings is 1. The van der Waals surface area contributed by atoms with Gasteiger partial charge in [0.25, 0.3) is 0 Å². The molecule has 1 fully saturated rings. The fraction of sp³-hybridized carbons (Fsp3) is 0.462. The normalized spacial score (nSPS) is 19.7. The van der Waals surface area contributed by atoms with E-state index in [0.717, 1.165) is 18.2 Å². The highest BCUT2D eigenvalue weighted by Crippen LogP contribution is 2.28. The quantitative estimate of drug-likeness (QED) is 0.845. The van der Waals surface area contributed by atoms with Gasteiger partial charge < -0.3 is 4.90 Å². The van der Waals surface area contributed by atoms with E-state index in [4.69, 9.17) is 11.6 Å².